The molecule has 5 N–H and O–H groups in total. The van der Waals surface area contributed by atoms with Crippen LogP contribution in [0.25, 0.3) is 0 Å². The van der Waals surface area contributed by atoms with Crippen LogP contribution in [0.3, 0.4) is 0 Å². The Balaban J connectivity index is 0.000000475. The fourth-order valence-corrected chi connectivity index (χ4v) is 3.46. The van der Waals surface area contributed by atoms with Crippen molar-refractivity contribution in [1.82, 2.24) is 15.1 Å². The van der Waals surface area contributed by atoms with E-state index in [9.17, 15) is 16.8 Å². The summed E-state index contributed by atoms with van der Waals surface area (Å²) in [4.78, 5) is 4.13. The predicted octanol–water partition coefficient (Wildman–Crippen LogP) is -1.25. The van der Waals surface area contributed by atoms with Gasteiger partial charge < -0.3 is 15.5 Å². The Morgan fingerprint density at radius 3 is 1.67 bits per heavy atom. The van der Waals surface area contributed by atoms with Gasteiger partial charge in [-0.15, -0.1) is 0 Å². The van der Waals surface area contributed by atoms with Crippen molar-refractivity contribution < 1.29 is 36.2 Å². The molecule has 0 aromatic heterocycles. The van der Waals surface area contributed by atoms with E-state index >= 15 is 0 Å². The monoisotopic (exact) mass is 477 g/mol. The summed E-state index contributed by atoms with van der Waals surface area (Å²) < 4.78 is 56.5. The molecule has 11 nitrogen and oxygen atoms in total. The van der Waals surface area contributed by atoms with Crippen molar-refractivity contribution in [3.63, 3.8) is 0 Å². The Morgan fingerprint density at radius 1 is 0.833 bits per heavy atom. The van der Waals surface area contributed by atoms with Gasteiger partial charge >= 0.3 is 0 Å². The summed E-state index contributed by atoms with van der Waals surface area (Å²) in [6.45, 7) is 8.49. The predicted molar refractivity (Wildman–Crippen MR) is 116 cm³/mol. The standard InChI is InChI=1S/C8H18N2O4S.C7H15NO.C2H6O3S/c11-7-5-9-1-3-10(4-2-9)6-8-15(12,13)14;9-6-3-7-1-4-8-5-2-7;1-2-6(3,4)5/h11H,1-8H2,(H,12,13,14);7-9H,1-6H2;2H2,1H3,(H,3,4,5). The van der Waals surface area contributed by atoms with E-state index in [0.717, 1.165) is 51.6 Å². The molecule has 0 aromatic rings. The van der Waals surface area contributed by atoms with Gasteiger partial charge in [-0.3, -0.25) is 18.9 Å². The zero-order valence-electron chi connectivity index (χ0n) is 17.8. The lowest BCUT2D eigenvalue weighted by molar-refractivity contribution is 0.116. The Kier molecular flexibility index (Phi) is 16.1. The second kappa shape index (κ2) is 16.3. The molecule has 182 valence electrons. The molecule has 0 aromatic carbocycles. The van der Waals surface area contributed by atoms with Crippen LogP contribution in [0.15, 0.2) is 0 Å². The summed E-state index contributed by atoms with van der Waals surface area (Å²) in [5, 5.41) is 20.6. The van der Waals surface area contributed by atoms with Crippen LogP contribution in [0.1, 0.15) is 26.2 Å². The number of piperazine rings is 1. The van der Waals surface area contributed by atoms with Crippen LogP contribution >= 0.6 is 0 Å². The van der Waals surface area contributed by atoms with Gasteiger partial charge in [0.1, 0.15) is 0 Å². The first-order valence-electron chi connectivity index (χ1n) is 10.3. The molecule has 2 rings (SSSR count). The van der Waals surface area contributed by atoms with Gasteiger partial charge in [-0.05, 0) is 45.2 Å². The van der Waals surface area contributed by atoms with Gasteiger partial charge in [0.15, 0.2) is 0 Å². The smallest absolute Gasteiger partial charge is 0.266 e. The molecule has 0 spiro atoms. The van der Waals surface area contributed by atoms with Gasteiger partial charge in [0.05, 0.1) is 18.1 Å². The third kappa shape index (κ3) is 18.4. The number of aliphatic hydroxyl groups is 2. The summed E-state index contributed by atoms with van der Waals surface area (Å²) in [6, 6.07) is 0. The average Bonchev–Trinajstić information content (AvgIpc) is 2.69. The largest absolute Gasteiger partial charge is 0.396 e. The summed E-state index contributed by atoms with van der Waals surface area (Å²) in [6.07, 6.45) is 3.50. The number of hydrogen-bond acceptors (Lipinski definition) is 9. The molecule has 2 aliphatic rings. The van der Waals surface area contributed by atoms with Gasteiger partial charge in [0.25, 0.3) is 20.2 Å². The second-order valence-corrected chi connectivity index (χ2v) is 10.6. The van der Waals surface area contributed by atoms with E-state index in [1.807, 2.05) is 4.90 Å². The van der Waals surface area contributed by atoms with Gasteiger partial charge in [-0.1, -0.05) is 0 Å². The maximum absolute atomic E-state index is 10.5. The molecule has 2 fully saturated rings. The van der Waals surface area contributed by atoms with E-state index in [-0.39, 0.29) is 18.1 Å². The molecule has 0 atom stereocenters. The Morgan fingerprint density at radius 2 is 1.30 bits per heavy atom. The van der Waals surface area contributed by atoms with Crippen LogP contribution < -0.4 is 5.32 Å². The number of hydrogen-bond donors (Lipinski definition) is 5. The minimum atomic E-state index is -3.84. The fourth-order valence-electron chi connectivity index (χ4n) is 2.98. The molecule has 0 amide bonds. The molecule has 13 heteroatoms. The topological polar surface area (TPSA) is 168 Å². The van der Waals surface area contributed by atoms with Crippen LogP contribution in [0.2, 0.25) is 0 Å². The minimum Gasteiger partial charge on any atom is -0.396 e. The van der Waals surface area contributed by atoms with Crippen molar-refractivity contribution in [2.45, 2.75) is 26.2 Å². The zero-order chi connectivity index (χ0) is 23.0. The Bertz CT molecular complexity index is 614. The average molecular weight is 478 g/mol. The molecular weight excluding hydrogens is 438 g/mol. The summed E-state index contributed by atoms with van der Waals surface area (Å²) in [5.41, 5.74) is 0. The minimum absolute atomic E-state index is 0.158. The van der Waals surface area contributed by atoms with E-state index in [1.54, 1.807) is 0 Å². The quantitative estimate of drug-likeness (QED) is 0.265. The molecule has 0 bridgehead atoms. The van der Waals surface area contributed by atoms with Crippen molar-refractivity contribution >= 4 is 20.2 Å². The molecular formula is C17H39N3O8S2. The Hall–Kier alpha value is -0.380. The van der Waals surface area contributed by atoms with Crippen LogP contribution in [0.5, 0.6) is 0 Å². The first kappa shape index (κ1) is 29.6. The number of rotatable bonds is 8. The van der Waals surface area contributed by atoms with Gasteiger partial charge in [0, 0.05) is 45.9 Å². The second-order valence-electron chi connectivity index (χ2n) is 7.27. The molecule has 2 heterocycles. The summed E-state index contributed by atoms with van der Waals surface area (Å²) in [5.74, 6) is 0.385. The van der Waals surface area contributed by atoms with Crippen LogP contribution in [-0.2, 0) is 20.2 Å². The van der Waals surface area contributed by atoms with Crippen LogP contribution in [0, 0.1) is 5.92 Å². The highest BCUT2D eigenvalue weighted by molar-refractivity contribution is 7.86. The van der Waals surface area contributed by atoms with Gasteiger partial charge in [0.2, 0.25) is 0 Å². The molecule has 30 heavy (non-hydrogen) atoms. The lowest BCUT2D eigenvalue weighted by Gasteiger charge is -2.33. The number of nitrogens with one attached hydrogen (secondary N) is 1. The highest BCUT2D eigenvalue weighted by Crippen LogP contribution is 2.14. The molecule has 0 saturated carbocycles. The van der Waals surface area contributed by atoms with E-state index in [1.165, 1.54) is 19.8 Å². The van der Waals surface area contributed by atoms with Gasteiger partial charge in [-0.25, -0.2) is 0 Å². The maximum Gasteiger partial charge on any atom is 0.266 e. The van der Waals surface area contributed by atoms with Crippen molar-refractivity contribution in [3.05, 3.63) is 0 Å². The van der Waals surface area contributed by atoms with Crippen molar-refractivity contribution in [1.29, 1.82) is 0 Å². The SMILES string of the molecule is CCS(=O)(=O)O.O=S(=O)(O)CCN1CCN(CCO)CC1.OCCC1CCNCC1. The van der Waals surface area contributed by atoms with Gasteiger partial charge in [-0.2, -0.15) is 16.8 Å². The van der Waals surface area contributed by atoms with Crippen LogP contribution in [0.4, 0.5) is 0 Å². The number of β-amino-alcohol motifs (C(OH)–C–C–N with tert-alkyl or cyclic N) is 1. The number of piperidine rings is 1. The van der Waals surface area contributed by atoms with Crippen LogP contribution in [-0.4, -0.2) is 123 Å². The lowest BCUT2D eigenvalue weighted by atomic mass is 9.95. The van der Waals surface area contributed by atoms with E-state index < -0.39 is 20.2 Å². The first-order chi connectivity index (χ1) is 14.0. The van der Waals surface area contributed by atoms with Crippen molar-refractivity contribution in [2.24, 2.45) is 5.92 Å². The highest BCUT2D eigenvalue weighted by atomic mass is 32.2. The molecule has 0 radical (unpaired) electrons. The van der Waals surface area contributed by atoms with E-state index in [0.29, 0.717) is 19.7 Å². The van der Waals surface area contributed by atoms with Crippen molar-refractivity contribution in [3.8, 4) is 0 Å². The maximum atomic E-state index is 10.5. The number of aliphatic hydroxyl groups excluding tert-OH is 2. The third-order valence-electron chi connectivity index (χ3n) is 4.91. The molecule has 2 saturated heterocycles. The zero-order valence-corrected chi connectivity index (χ0v) is 19.4. The lowest BCUT2D eigenvalue weighted by Crippen LogP contribution is -2.48. The third-order valence-corrected chi connectivity index (χ3v) is 6.34. The normalized spacial score (nSPS) is 19.4. The molecule has 0 unspecified atom stereocenters. The molecule has 2 aliphatic heterocycles. The fraction of sp³-hybridized carbons (Fsp3) is 1.00. The summed E-state index contributed by atoms with van der Waals surface area (Å²) >= 11 is 0. The van der Waals surface area contributed by atoms with Crippen molar-refractivity contribution in [2.75, 3.05) is 77.1 Å². The molecule has 0 aliphatic carbocycles. The summed E-state index contributed by atoms with van der Waals surface area (Å²) in [7, 11) is -7.50. The van der Waals surface area contributed by atoms with E-state index in [2.05, 4.69) is 10.2 Å². The highest BCUT2D eigenvalue weighted by Gasteiger charge is 2.17. The Labute approximate surface area is 180 Å². The van der Waals surface area contributed by atoms with E-state index in [4.69, 9.17) is 19.3 Å². The first-order valence-corrected chi connectivity index (χ1v) is 13.5. The number of nitrogens with zero attached hydrogens (tertiary/aromatic N) is 2.